The smallest absolute Gasteiger partial charge is 0.317 e. The fraction of sp³-hybridized carbons (Fsp3) is 0.375. The van der Waals surface area contributed by atoms with E-state index in [2.05, 4.69) is 10.4 Å². The first-order chi connectivity index (χ1) is 11.0. The quantitative estimate of drug-likeness (QED) is 0.889. The van der Waals surface area contributed by atoms with Crippen LogP contribution in [0.25, 0.3) is 0 Å². The molecule has 0 saturated heterocycles. The predicted octanol–water partition coefficient (Wildman–Crippen LogP) is 2.91. The summed E-state index contributed by atoms with van der Waals surface area (Å²) < 4.78 is 28.2. The second-order valence-electron chi connectivity index (χ2n) is 5.11. The van der Waals surface area contributed by atoms with E-state index in [1.807, 2.05) is 20.0 Å². The van der Waals surface area contributed by atoms with Gasteiger partial charge in [-0.1, -0.05) is 6.07 Å². The Bertz CT molecular complexity index is 672. The number of nitrogens with one attached hydrogen (secondary N) is 1. The van der Waals surface area contributed by atoms with Crippen molar-refractivity contribution in [3.63, 3.8) is 0 Å². The van der Waals surface area contributed by atoms with Gasteiger partial charge in [0, 0.05) is 43.0 Å². The Labute approximate surface area is 133 Å². The lowest BCUT2D eigenvalue weighted by molar-refractivity contribution is 0.197. The van der Waals surface area contributed by atoms with Gasteiger partial charge >= 0.3 is 6.03 Å². The fourth-order valence-electron chi connectivity index (χ4n) is 2.16. The minimum atomic E-state index is -0.669. The second-order valence-corrected chi connectivity index (χ2v) is 5.11. The van der Waals surface area contributed by atoms with Crippen LogP contribution < -0.4 is 5.32 Å². The fourth-order valence-corrected chi connectivity index (χ4v) is 2.16. The van der Waals surface area contributed by atoms with Gasteiger partial charge in [-0.25, -0.2) is 13.6 Å². The first kappa shape index (κ1) is 16.9. The zero-order valence-electron chi connectivity index (χ0n) is 13.2. The minimum Gasteiger partial charge on any atom is -0.334 e. The average Bonchev–Trinajstić information content (AvgIpc) is 2.99. The van der Waals surface area contributed by atoms with Gasteiger partial charge < -0.3 is 10.2 Å². The highest BCUT2D eigenvalue weighted by atomic mass is 19.1. The number of amides is 2. The Morgan fingerprint density at radius 2 is 2.13 bits per heavy atom. The standard InChI is InChI=1S/C16H20F2N4O/c1-3-21(10-12-8-20-22(4-2)11-12)16(23)19-9-13-5-6-14(17)7-15(13)18/h5-8,11H,3-4,9-10H2,1-2H3,(H,19,23). The third-order valence-electron chi connectivity index (χ3n) is 3.50. The molecule has 124 valence electrons. The Hall–Kier alpha value is -2.44. The molecule has 0 aliphatic heterocycles. The maximum absolute atomic E-state index is 13.6. The number of carbonyl (C=O) groups excluding carboxylic acids is 1. The van der Waals surface area contributed by atoms with Gasteiger partial charge in [0.25, 0.3) is 0 Å². The highest BCUT2D eigenvalue weighted by Gasteiger charge is 2.13. The van der Waals surface area contributed by atoms with E-state index in [-0.39, 0.29) is 18.1 Å². The number of hydrogen-bond donors (Lipinski definition) is 1. The van der Waals surface area contributed by atoms with E-state index < -0.39 is 11.6 Å². The van der Waals surface area contributed by atoms with Crippen LogP contribution in [0, 0.1) is 11.6 Å². The molecule has 1 N–H and O–H groups in total. The molecule has 1 aromatic heterocycles. The summed E-state index contributed by atoms with van der Waals surface area (Å²) in [5, 5.41) is 6.82. The number of benzene rings is 1. The summed E-state index contributed by atoms with van der Waals surface area (Å²) in [5.41, 5.74) is 1.17. The summed E-state index contributed by atoms with van der Waals surface area (Å²) in [6, 6.07) is 2.99. The molecule has 1 aromatic carbocycles. The summed E-state index contributed by atoms with van der Waals surface area (Å²) in [6.07, 6.45) is 3.61. The lowest BCUT2D eigenvalue weighted by atomic mass is 10.2. The third-order valence-corrected chi connectivity index (χ3v) is 3.50. The second kappa shape index (κ2) is 7.71. The number of rotatable bonds is 6. The number of halogens is 2. The molecule has 2 rings (SSSR count). The van der Waals surface area contributed by atoms with Crippen molar-refractivity contribution in [2.45, 2.75) is 33.5 Å². The van der Waals surface area contributed by atoms with Gasteiger partial charge in [-0.05, 0) is 19.9 Å². The zero-order valence-corrected chi connectivity index (χ0v) is 13.2. The molecule has 2 aromatic rings. The first-order valence-corrected chi connectivity index (χ1v) is 7.51. The molecule has 0 bridgehead atoms. The summed E-state index contributed by atoms with van der Waals surface area (Å²) >= 11 is 0. The van der Waals surface area contributed by atoms with Gasteiger partial charge in [0.1, 0.15) is 11.6 Å². The lowest BCUT2D eigenvalue weighted by Gasteiger charge is -2.20. The predicted molar refractivity (Wildman–Crippen MR) is 82.6 cm³/mol. The van der Waals surface area contributed by atoms with Gasteiger partial charge in [-0.2, -0.15) is 5.10 Å². The molecule has 0 saturated carbocycles. The van der Waals surface area contributed by atoms with Gasteiger partial charge in [-0.15, -0.1) is 0 Å². The summed E-state index contributed by atoms with van der Waals surface area (Å²) in [6.45, 7) is 5.56. The molecule has 5 nitrogen and oxygen atoms in total. The van der Waals surface area contributed by atoms with Gasteiger partial charge in [-0.3, -0.25) is 4.68 Å². The van der Waals surface area contributed by atoms with Crippen LogP contribution in [0.1, 0.15) is 25.0 Å². The van der Waals surface area contributed by atoms with Crippen LogP contribution in [-0.2, 0) is 19.6 Å². The van der Waals surface area contributed by atoms with Crippen molar-refractivity contribution in [3.05, 3.63) is 53.4 Å². The summed E-state index contributed by atoms with van der Waals surface area (Å²) in [5.74, 6) is -1.31. The Kier molecular flexibility index (Phi) is 5.67. The normalized spacial score (nSPS) is 10.6. The van der Waals surface area contributed by atoms with Crippen molar-refractivity contribution in [3.8, 4) is 0 Å². The highest BCUT2D eigenvalue weighted by molar-refractivity contribution is 5.74. The van der Waals surface area contributed by atoms with Crippen LogP contribution in [-0.4, -0.2) is 27.3 Å². The molecule has 0 fully saturated rings. The van der Waals surface area contributed by atoms with Crippen molar-refractivity contribution in [1.82, 2.24) is 20.0 Å². The zero-order chi connectivity index (χ0) is 16.8. The molecule has 0 aliphatic rings. The molecule has 2 amide bonds. The van der Waals surface area contributed by atoms with Crippen molar-refractivity contribution in [2.75, 3.05) is 6.54 Å². The molecule has 0 radical (unpaired) electrons. The van der Waals surface area contributed by atoms with Crippen LogP contribution in [0.4, 0.5) is 13.6 Å². The molecule has 1 heterocycles. The summed E-state index contributed by atoms with van der Waals surface area (Å²) in [4.78, 5) is 13.8. The molecule has 0 unspecified atom stereocenters. The first-order valence-electron chi connectivity index (χ1n) is 7.51. The van der Waals surface area contributed by atoms with Crippen LogP contribution in [0.2, 0.25) is 0 Å². The van der Waals surface area contributed by atoms with Crippen molar-refractivity contribution >= 4 is 6.03 Å². The largest absolute Gasteiger partial charge is 0.334 e. The molecule has 0 atom stereocenters. The van der Waals surface area contributed by atoms with Crippen LogP contribution in [0.15, 0.2) is 30.6 Å². The van der Waals surface area contributed by atoms with Crippen molar-refractivity contribution in [1.29, 1.82) is 0 Å². The van der Waals surface area contributed by atoms with E-state index in [1.54, 1.807) is 15.8 Å². The van der Waals surface area contributed by atoms with Crippen LogP contribution in [0.5, 0.6) is 0 Å². The van der Waals surface area contributed by atoms with E-state index in [9.17, 15) is 13.6 Å². The van der Waals surface area contributed by atoms with Crippen LogP contribution in [0.3, 0.4) is 0 Å². The number of nitrogens with zero attached hydrogens (tertiary/aromatic N) is 3. The van der Waals surface area contributed by atoms with E-state index in [1.165, 1.54) is 12.1 Å². The Balaban J connectivity index is 1.94. The SMILES string of the molecule is CCN(Cc1cnn(CC)c1)C(=O)NCc1ccc(F)cc1F. The van der Waals surface area contributed by atoms with E-state index in [0.29, 0.717) is 13.1 Å². The molecular weight excluding hydrogens is 302 g/mol. The number of urea groups is 1. The molecule has 0 aliphatic carbocycles. The van der Waals surface area contributed by atoms with Crippen molar-refractivity contribution in [2.24, 2.45) is 0 Å². The van der Waals surface area contributed by atoms with Gasteiger partial charge in [0.15, 0.2) is 0 Å². The van der Waals surface area contributed by atoms with Gasteiger partial charge in [0.2, 0.25) is 0 Å². The molecular formula is C16H20F2N4O. The van der Waals surface area contributed by atoms with E-state index in [4.69, 9.17) is 0 Å². The number of carbonyl (C=O) groups is 1. The topological polar surface area (TPSA) is 50.2 Å². The van der Waals surface area contributed by atoms with Crippen molar-refractivity contribution < 1.29 is 13.6 Å². The monoisotopic (exact) mass is 322 g/mol. The number of aromatic nitrogens is 2. The summed E-state index contributed by atoms with van der Waals surface area (Å²) in [7, 11) is 0. The third kappa shape index (κ3) is 4.51. The minimum absolute atomic E-state index is 0.00959. The van der Waals surface area contributed by atoms with Crippen LogP contribution >= 0.6 is 0 Å². The maximum atomic E-state index is 13.6. The Morgan fingerprint density at radius 1 is 1.35 bits per heavy atom. The molecule has 0 spiro atoms. The number of aryl methyl sites for hydroxylation is 1. The molecule has 7 heteroatoms. The average molecular weight is 322 g/mol. The highest BCUT2D eigenvalue weighted by Crippen LogP contribution is 2.10. The maximum Gasteiger partial charge on any atom is 0.317 e. The number of hydrogen-bond acceptors (Lipinski definition) is 2. The Morgan fingerprint density at radius 3 is 2.74 bits per heavy atom. The molecule has 23 heavy (non-hydrogen) atoms. The van der Waals surface area contributed by atoms with E-state index in [0.717, 1.165) is 18.2 Å². The van der Waals surface area contributed by atoms with E-state index >= 15 is 0 Å². The van der Waals surface area contributed by atoms with Gasteiger partial charge in [0.05, 0.1) is 12.7 Å². The lowest BCUT2D eigenvalue weighted by Crippen LogP contribution is -2.39.